The molecular formula is C19H30IN7O. The summed E-state index contributed by atoms with van der Waals surface area (Å²) in [5, 5.41) is 17.7. The number of aliphatic imine (C=N–C) groups is 1. The molecule has 1 aliphatic carbocycles. The van der Waals surface area contributed by atoms with Gasteiger partial charge >= 0.3 is 0 Å². The molecule has 0 unspecified atom stereocenters. The van der Waals surface area contributed by atoms with Crippen LogP contribution in [0.4, 0.5) is 0 Å². The monoisotopic (exact) mass is 499 g/mol. The van der Waals surface area contributed by atoms with Crippen molar-refractivity contribution in [2.75, 3.05) is 20.1 Å². The number of carbonyl (C=O) groups excluding carboxylic acids is 1. The van der Waals surface area contributed by atoms with Crippen molar-refractivity contribution < 1.29 is 4.79 Å². The highest BCUT2D eigenvalue weighted by atomic mass is 127. The predicted octanol–water partition coefficient (Wildman–Crippen LogP) is 2.10. The molecule has 154 valence electrons. The smallest absolute Gasteiger partial charge is 0.220 e. The molecule has 2 aromatic rings. The van der Waals surface area contributed by atoms with E-state index in [4.69, 9.17) is 0 Å². The zero-order valence-electron chi connectivity index (χ0n) is 16.4. The minimum absolute atomic E-state index is 0. The zero-order chi connectivity index (χ0) is 18.9. The van der Waals surface area contributed by atoms with Crippen LogP contribution in [0.15, 0.2) is 29.4 Å². The van der Waals surface area contributed by atoms with Crippen molar-refractivity contribution in [2.24, 2.45) is 10.9 Å². The molecule has 1 amide bonds. The fraction of sp³-hybridized carbons (Fsp3) is 0.579. The van der Waals surface area contributed by atoms with Crippen molar-refractivity contribution in [2.45, 2.75) is 45.1 Å². The van der Waals surface area contributed by atoms with Gasteiger partial charge in [-0.05, 0) is 30.9 Å². The summed E-state index contributed by atoms with van der Waals surface area (Å²) in [5.41, 5.74) is 0.818. The zero-order valence-corrected chi connectivity index (χ0v) is 18.7. The Labute approximate surface area is 183 Å². The van der Waals surface area contributed by atoms with E-state index in [0.717, 1.165) is 11.5 Å². The number of fused-ring (bicyclic) bond motifs is 1. The molecule has 28 heavy (non-hydrogen) atoms. The summed E-state index contributed by atoms with van der Waals surface area (Å²) >= 11 is 0. The summed E-state index contributed by atoms with van der Waals surface area (Å²) in [6, 6.07) is 5.80. The first-order valence-corrected chi connectivity index (χ1v) is 9.76. The van der Waals surface area contributed by atoms with Crippen molar-refractivity contribution in [3.8, 4) is 0 Å². The third kappa shape index (κ3) is 6.61. The maximum absolute atomic E-state index is 12.0. The number of halogens is 1. The van der Waals surface area contributed by atoms with Crippen LogP contribution in [-0.2, 0) is 11.3 Å². The Morgan fingerprint density at radius 1 is 1.14 bits per heavy atom. The number of carbonyl (C=O) groups is 1. The van der Waals surface area contributed by atoms with Gasteiger partial charge in [0.05, 0.1) is 6.54 Å². The first kappa shape index (κ1) is 22.4. The molecule has 0 bridgehead atoms. The fourth-order valence-electron chi connectivity index (χ4n) is 3.50. The van der Waals surface area contributed by atoms with Crippen LogP contribution in [0, 0.1) is 5.92 Å². The normalized spacial score (nSPS) is 15.1. The van der Waals surface area contributed by atoms with Crippen LogP contribution in [0.1, 0.15) is 44.3 Å². The minimum atomic E-state index is 0. The predicted molar refractivity (Wildman–Crippen MR) is 121 cm³/mol. The molecule has 1 fully saturated rings. The molecule has 0 atom stereocenters. The van der Waals surface area contributed by atoms with Gasteiger partial charge < -0.3 is 16.0 Å². The molecule has 2 aromatic heterocycles. The number of guanidine groups is 1. The molecule has 0 spiro atoms. The second-order valence-electron chi connectivity index (χ2n) is 6.96. The molecule has 0 aromatic carbocycles. The summed E-state index contributed by atoms with van der Waals surface area (Å²) in [5.74, 6) is 2.21. The van der Waals surface area contributed by atoms with Gasteiger partial charge in [-0.25, -0.2) is 0 Å². The third-order valence-corrected chi connectivity index (χ3v) is 4.96. The molecule has 0 radical (unpaired) electrons. The van der Waals surface area contributed by atoms with Crippen LogP contribution in [0.25, 0.3) is 5.65 Å². The largest absolute Gasteiger partial charge is 0.355 e. The maximum Gasteiger partial charge on any atom is 0.220 e. The van der Waals surface area contributed by atoms with Gasteiger partial charge in [-0.15, -0.1) is 34.2 Å². The minimum Gasteiger partial charge on any atom is -0.355 e. The number of aromatic nitrogens is 3. The molecule has 2 heterocycles. The number of hydrogen-bond donors (Lipinski definition) is 3. The summed E-state index contributed by atoms with van der Waals surface area (Å²) in [7, 11) is 1.72. The van der Waals surface area contributed by atoms with E-state index in [9.17, 15) is 4.79 Å². The Morgan fingerprint density at radius 3 is 2.71 bits per heavy atom. The lowest BCUT2D eigenvalue weighted by Crippen LogP contribution is -2.41. The molecule has 0 saturated heterocycles. The highest BCUT2D eigenvalue weighted by Gasteiger charge is 2.16. The molecular weight excluding hydrogens is 469 g/mol. The van der Waals surface area contributed by atoms with E-state index in [2.05, 4.69) is 31.1 Å². The average Bonchev–Trinajstić information content (AvgIpc) is 3.11. The SMILES string of the molecule is CN=C(NCCNC(=O)CC1CCCCC1)NCc1nnc2ccccn12.I. The lowest BCUT2D eigenvalue weighted by atomic mass is 9.87. The summed E-state index contributed by atoms with van der Waals surface area (Å²) in [6.45, 7) is 1.72. The fourth-order valence-corrected chi connectivity index (χ4v) is 3.50. The van der Waals surface area contributed by atoms with Crippen molar-refractivity contribution in [3.05, 3.63) is 30.2 Å². The molecule has 1 aliphatic rings. The number of nitrogens with one attached hydrogen (secondary N) is 3. The van der Waals surface area contributed by atoms with Gasteiger partial charge in [0.15, 0.2) is 17.4 Å². The Balaban J connectivity index is 0.00000280. The van der Waals surface area contributed by atoms with E-state index in [1.54, 1.807) is 7.05 Å². The average molecular weight is 499 g/mol. The quantitative estimate of drug-likeness (QED) is 0.235. The number of pyridine rings is 1. The highest BCUT2D eigenvalue weighted by Crippen LogP contribution is 2.25. The first-order valence-electron chi connectivity index (χ1n) is 9.76. The summed E-state index contributed by atoms with van der Waals surface area (Å²) in [4.78, 5) is 16.2. The summed E-state index contributed by atoms with van der Waals surface area (Å²) in [6.07, 6.45) is 8.83. The number of hydrogen-bond acceptors (Lipinski definition) is 4. The van der Waals surface area contributed by atoms with E-state index < -0.39 is 0 Å². The van der Waals surface area contributed by atoms with Crippen LogP contribution in [0.3, 0.4) is 0 Å². The maximum atomic E-state index is 12.0. The second kappa shape index (κ2) is 11.8. The van der Waals surface area contributed by atoms with Crippen molar-refractivity contribution in [1.82, 2.24) is 30.5 Å². The molecule has 3 N–H and O–H groups in total. The molecule has 3 rings (SSSR count). The van der Waals surface area contributed by atoms with Gasteiger partial charge in [0.1, 0.15) is 0 Å². The molecule has 8 nitrogen and oxygen atoms in total. The van der Waals surface area contributed by atoms with E-state index in [0.29, 0.717) is 37.9 Å². The first-order chi connectivity index (χ1) is 13.3. The van der Waals surface area contributed by atoms with Gasteiger partial charge in [0, 0.05) is 32.8 Å². The van der Waals surface area contributed by atoms with Crippen molar-refractivity contribution in [3.63, 3.8) is 0 Å². The van der Waals surface area contributed by atoms with Gasteiger partial charge in [0.25, 0.3) is 0 Å². The number of amides is 1. The van der Waals surface area contributed by atoms with Crippen LogP contribution < -0.4 is 16.0 Å². The third-order valence-electron chi connectivity index (χ3n) is 4.96. The van der Waals surface area contributed by atoms with Crippen molar-refractivity contribution in [1.29, 1.82) is 0 Å². The second-order valence-corrected chi connectivity index (χ2v) is 6.96. The van der Waals surface area contributed by atoms with Crippen molar-refractivity contribution >= 4 is 41.5 Å². The van der Waals surface area contributed by atoms with E-state index in [1.165, 1.54) is 32.1 Å². The topological polar surface area (TPSA) is 95.7 Å². The lowest BCUT2D eigenvalue weighted by molar-refractivity contribution is -0.122. The molecule has 0 aliphatic heterocycles. The van der Waals surface area contributed by atoms with E-state index in [-0.39, 0.29) is 29.9 Å². The van der Waals surface area contributed by atoms with Gasteiger partial charge in [-0.2, -0.15) is 0 Å². The standard InChI is InChI=1S/C19H29N7O.HI/c1-20-19(23-14-17-25-24-16-9-5-6-12-26(16)17)22-11-10-21-18(27)13-15-7-3-2-4-8-15;/h5-6,9,12,15H,2-4,7-8,10-11,13-14H2,1H3,(H,21,27)(H2,20,22,23);1H. The van der Waals surface area contributed by atoms with Gasteiger partial charge in [0.2, 0.25) is 5.91 Å². The van der Waals surface area contributed by atoms with Gasteiger partial charge in [-0.1, -0.05) is 25.3 Å². The van der Waals surface area contributed by atoms with E-state index >= 15 is 0 Å². The lowest BCUT2D eigenvalue weighted by Gasteiger charge is -2.20. The molecule has 1 saturated carbocycles. The molecule has 9 heteroatoms. The van der Waals surface area contributed by atoms with Crippen LogP contribution in [-0.4, -0.2) is 46.6 Å². The Hall–Kier alpha value is -1.91. The Morgan fingerprint density at radius 2 is 1.93 bits per heavy atom. The van der Waals surface area contributed by atoms with Gasteiger partial charge in [-0.3, -0.25) is 14.2 Å². The highest BCUT2D eigenvalue weighted by molar-refractivity contribution is 14.0. The number of nitrogens with zero attached hydrogens (tertiary/aromatic N) is 4. The van der Waals surface area contributed by atoms with Crippen LogP contribution >= 0.6 is 24.0 Å². The summed E-state index contributed by atoms with van der Waals surface area (Å²) < 4.78 is 1.94. The van der Waals surface area contributed by atoms with Crippen LogP contribution in [0.5, 0.6) is 0 Å². The Bertz CT molecular complexity index is 770. The van der Waals surface area contributed by atoms with E-state index in [1.807, 2.05) is 28.8 Å². The number of rotatable bonds is 7. The van der Waals surface area contributed by atoms with Crippen LogP contribution in [0.2, 0.25) is 0 Å². The Kier molecular flexibility index (Phi) is 9.45.